The molecule has 0 aromatic carbocycles. The monoisotopic (exact) mass is 156 g/mol. The highest BCUT2D eigenvalue weighted by atomic mass is 19.3. The SMILES string of the molecule is CC(C)C(F)(F)C(=O)OF. The molecule has 0 rings (SSSR count). The molecule has 0 N–H and O–H groups in total. The summed E-state index contributed by atoms with van der Waals surface area (Å²) in [6.45, 7) is 2.19. The van der Waals surface area contributed by atoms with Gasteiger partial charge in [-0.15, -0.1) is 0 Å². The Bertz CT molecular complexity index is 133. The third-order valence-corrected chi connectivity index (χ3v) is 1.07. The van der Waals surface area contributed by atoms with E-state index in [1.54, 1.807) is 0 Å². The number of carbonyl (C=O) groups excluding carboxylic acids is 1. The van der Waals surface area contributed by atoms with Crippen LogP contribution in [0, 0.1) is 5.92 Å². The summed E-state index contributed by atoms with van der Waals surface area (Å²) < 4.78 is 35.4. The van der Waals surface area contributed by atoms with Gasteiger partial charge in [0.1, 0.15) is 0 Å². The summed E-state index contributed by atoms with van der Waals surface area (Å²) in [6.07, 6.45) is 0. The number of hydrogen-bond donors (Lipinski definition) is 0. The molecule has 0 aliphatic carbocycles. The van der Waals surface area contributed by atoms with E-state index in [1.165, 1.54) is 0 Å². The highest BCUT2D eigenvalue weighted by Crippen LogP contribution is 2.25. The van der Waals surface area contributed by atoms with E-state index in [2.05, 4.69) is 4.94 Å². The second kappa shape index (κ2) is 2.90. The zero-order valence-electron chi connectivity index (χ0n) is 5.53. The molecule has 0 atom stereocenters. The highest BCUT2D eigenvalue weighted by Gasteiger charge is 2.45. The molecule has 0 spiro atoms. The smallest absolute Gasteiger partial charge is 0.248 e. The van der Waals surface area contributed by atoms with Crippen molar-refractivity contribution in [3.05, 3.63) is 0 Å². The van der Waals surface area contributed by atoms with Crippen molar-refractivity contribution in [2.24, 2.45) is 5.92 Å². The van der Waals surface area contributed by atoms with Gasteiger partial charge in [0.2, 0.25) is 0 Å². The van der Waals surface area contributed by atoms with E-state index in [0.717, 1.165) is 13.8 Å². The molecule has 2 nitrogen and oxygen atoms in total. The molecule has 0 aliphatic heterocycles. The van der Waals surface area contributed by atoms with Crippen LogP contribution in [0.25, 0.3) is 0 Å². The largest absolute Gasteiger partial charge is 0.417 e. The van der Waals surface area contributed by atoms with E-state index in [0.29, 0.717) is 0 Å². The van der Waals surface area contributed by atoms with Crippen molar-refractivity contribution in [2.75, 3.05) is 0 Å². The van der Waals surface area contributed by atoms with Crippen LogP contribution >= 0.6 is 0 Å². The molecule has 0 aromatic rings. The predicted octanol–water partition coefficient (Wildman–Crippen LogP) is 1.71. The van der Waals surface area contributed by atoms with Gasteiger partial charge in [0.15, 0.2) is 0 Å². The van der Waals surface area contributed by atoms with Crippen LogP contribution in [0.2, 0.25) is 0 Å². The van der Waals surface area contributed by atoms with Gasteiger partial charge in [-0.05, 0) is 0 Å². The highest BCUT2D eigenvalue weighted by molar-refractivity contribution is 5.77. The van der Waals surface area contributed by atoms with E-state index < -0.39 is 17.8 Å². The lowest BCUT2D eigenvalue weighted by Crippen LogP contribution is -2.34. The fourth-order valence-corrected chi connectivity index (χ4v) is 0.287. The van der Waals surface area contributed by atoms with Gasteiger partial charge >= 0.3 is 11.9 Å². The average Bonchev–Trinajstić information content (AvgIpc) is 1.86. The van der Waals surface area contributed by atoms with E-state index in [9.17, 15) is 18.1 Å². The quantitative estimate of drug-likeness (QED) is 0.608. The number of halogens is 3. The molecule has 0 amide bonds. The van der Waals surface area contributed by atoms with Gasteiger partial charge in [-0.3, -0.25) is 0 Å². The molecule has 0 heterocycles. The topological polar surface area (TPSA) is 26.3 Å². The molecule has 0 saturated heterocycles. The van der Waals surface area contributed by atoms with Crippen LogP contribution in [0.4, 0.5) is 13.3 Å². The van der Waals surface area contributed by atoms with Crippen LogP contribution < -0.4 is 0 Å². The van der Waals surface area contributed by atoms with Crippen LogP contribution in [0.15, 0.2) is 0 Å². The standard InChI is InChI=1S/C5H7F3O2/c1-3(2)5(6,7)4(9)10-8/h3H,1-2H3. The van der Waals surface area contributed by atoms with Crippen molar-refractivity contribution in [3.8, 4) is 0 Å². The Kier molecular flexibility index (Phi) is 2.68. The molecular weight excluding hydrogens is 149 g/mol. The van der Waals surface area contributed by atoms with Crippen LogP contribution in [-0.2, 0) is 9.74 Å². The molecule has 0 aliphatic rings. The van der Waals surface area contributed by atoms with Gasteiger partial charge in [0.05, 0.1) is 0 Å². The lowest BCUT2D eigenvalue weighted by molar-refractivity contribution is -0.217. The Labute approximate surface area is 55.9 Å². The van der Waals surface area contributed by atoms with Gasteiger partial charge < -0.3 is 0 Å². The molecule has 0 saturated carbocycles. The number of alkyl halides is 2. The predicted molar refractivity (Wildman–Crippen MR) is 27.0 cm³/mol. The van der Waals surface area contributed by atoms with Crippen molar-refractivity contribution in [3.63, 3.8) is 0 Å². The first-order valence-corrected chi connectivity index (χ1v) is 2.63. The van der Waals surface area contributed by atoms with E-state index in [-0.39, 0.29) is 0 Å². The summed E-state index contributed by atoms with van der Waals surface area (Å²) in [4.78, 5) is 12.3. The van der Waals surface area contributed by atoms with Gasteiger partial charge in [0.25, 0.3) is 0 Å². The maximum absolute atomic E-state index is 12.2. The summed E-state index contributed by atoms with van der Waals surface area (Å²) in [6, 6.07) is 0. The number of rotatable bonds is 2. The minimum Gasteiger partial charge on any atom is -0.248 e. The normalized spacial score (nSPS) is 11.8. The Morgan fingerprint density at radius 1 is 1.50 bits per heavy atom. The first-order valence-electron chi connectivity index (χ1n) is 2.63. The van der Waals surface area contributed by atoms with Gasteiger partial charge in [-0.25, -0.2) is 9.74 Å². The molecule has 0 bridgehead atoms. The minimum absolute atomic E-state index is 1.09. The second-order valence-corrected chi connectivity index (χ2v) is 2.14. The maximum atomic E-state index is 12.2. The molecule has 0 fully saturated rings. The zero-order valence-corrected chi connectivity index (χ0v) is 5.53. The minimum atomic E-state index is -3.73. The van der Waals surface area contributed by atoms with E-state index in [1.807, 2.05) is 0 Å². The zero-order chi connectivity index (χ0) is 8.36. The molecular formula is C5H7F3O2. The molecule has 10 heavy (non-hydrogen) atoms. The Morgan fingerprint density at radius 3 is 2.00 bits per heavy atom. The van der Waals surface area contributed by atoms with Crippen LogP contribution in [0.5, 0.6) is 0 Å². The van der Waals surface area contributed by atoms with E-state index >= 15 is 0 Å². The third-order valence-electron chi connectivity index (χ3n) is 1.07. The number of hydrogen-bond acceptors (Lipinski definition) is 2. The second-order valence-electron chi connectivity index (χ2n) is 2.14. The molecule has 5 heteroatoms. The van der Waals surface area contributed by atoms with Gasteiger partial charge in [-0.1, -0.05) is 13.8 Å². The fraction of sp³-hybridized carbons (Fsp3) is 0.800. The molecule has 0 aromatic heterocycles. The molecule has 0 radical (unpaired) electrons. The summed E-state index contributed by atoms with van der Waals surface area (Å²) >= 11 is 0. The van der Waals surface area contributed by atoms with Crippen molar-refractivity contribution in [1.82, 2.24) is 0 Å². The van der Waals surface area contributed by atoms with Crippen LogP contribution in [0.3, 0.4) is 0 Å². The van der Waals surface area contributed by atoms with Crippen molar-refractivity contribution >= 4 is 5.97 Å². The maximum Gasteiger partial charge on any atom is 0.417 e. The lowest BCUT2D eigenvalue weighted by Gasteiger charge is -2.14. The van der Waals surface area contributed by atoms with Gasteiger partial charge in [-0.2, -0.15) is 8.78 Å². The first kappa shape index (κ1) is 9.26. The lowest BCUT2D eigenvalue weighted by atomic mass is 10.1. The van der Waals surface area contributed by atoms with Gasteiger partial charge in [0, 0.05) is 10.4 Å². The van der Waals surface area contributed by atoms with Crippen molar-refractivity contribution in [2.45, 2.75) is 19.8 Å². The van der Waals surface area contributed by atoms with Crippen LogP contribution in [-0.4, -0.2) is 11.9 Å². The fourth-order valence-electron chi connectivity index (χ4n) is 0.287. The first-order chi connectivity index (χ1) is 4.42. The third kappa shape index (κ3) is 1.62. The van der Waals surface area contributed by atoms with Crippen LogP contribution in [0.1, 0.15) is 13.8 Å². The summed E-state index contributed by atoms with van der Waals surface area (Å²) in [5.74, 6) is -7.12. The Hall–Kier alpha value is -0.740. The Balaban J connectivity index is 4.24. The van der Waals surface area contributed by atoms with Crippen molar-refractivity contribution < 1.29 is 23.0 Å². The summed E-state index contributed by atoms with van der Waals surface area (Å²) in [5, 5.41) is 0. The summed E-state index contributed by atoms with van der Waals surface area (Å²) in [5.41, 5.74) is 0. The van der Waals surface area contributed by atoms with E-state index in [4.69, 9.17) is 0 Å². The molecule has 0 unspecified atom stereocenters. The number of carbonyl (C=O) groups is 1. The average molecular weight is 156 g/mol. The Morgan fingerprint density at radius 2 is 1.90 bits per heavy atom. The summed E-state index contributed by atoms with van der Waals surface area (Å²) in [7, 11) is 0. The van der Waals surface area contributed by atoms with Crippen molar-refractivity contribution in [1.29, 1.82) is 0 Å². The molecule has 60 valence electrons.